The normalized spacial score (nSPS) is 21.5. The van der Waals surface area contributed by atoms with Crippen LogP contribution in [0.1, 0.15) is 30.9 Å². The summed E-state index contributed by atoms with van der Waals surface area (Å²) in [6, 6.07) is 3.64. The predicted molar refractivity (Wildman–Crippen MR) is 59.9 cm³/mol. The molecule has 0 spiro atoms. The largest absolute Gasteiger partial charge is 0.207 e. The summed E-state index contributed by atoms with van der Waals surface area (Å²) in [5, 5.41) is 0. The lowest BCUT2D eigenvalue weighted by molar-refractivity contribution is 0.506. The molecule has 1 aliphatic rings. The quantitative estimate of drug-likeness (QED) is 0.614. The van der Waals surface area contributed by atoms with E-state index >= 15 is 0 Å². The van der Waals surface area contributed by atoms with E-state index < -0.39 is 0 Å². The summed E-state index contributed by atoms with van der Waals surface area (Å²) in [6.07, 6.45) is 4.22. The van der Waals surface area contributed by atoms with Gasteiger partial charge in [0.05, 0.1) is 0 Å². The molecule has 2 rings (SSSR count). The van der Waals surface area contributed by atoms with Crippen molar-refractivity contribution in [3.05, 3.63) is 33.5 Å². The molecular formula is C12H14BrF. The van der Waals surface area contributed by atoms with Gasteiger partial charge in [-0.3, -0.25) is 0 Å². The summed E-state index contributed by atoms with van der Waals surface area (Å²) < 4.78 is 14.5. The standard InChI is InChI=1S/C12H14BrF/c1-8-2-4-9-6-10(13)7-12(14)11(9)5-3-8/h6-8H,2-5H2,1H3. The number of rotatable bonds is 0. The highest BCUT2D eigenvalue weighted by Gasteiger charge is 2.16. The van der Waals surface area contributed by atoms with Gasteiger partial charge in [0.1, 0.15) is 5.82 Å². The minimum Gasteiger partial charge on any atom is -0.207 e. The van der Waals surface area contributed by atoms with Crippen molar-refractivity contribution in [2.24, 2.45) is 5.92 Å². The van der Waals surface area contributed by atoms with Crippen molar-refractivity contribution in [1.82, 2.24) is 0 Å². The third-order valence-electron chi connectivity index (χ3n) is 3.05. The van der Waals surface area contributed by atoms with E-state index in [0.29, 0.717) is 0 Å². The minimum atomic E-state index is -0.0384. The lowest BCUT2D eigenvalue weighted by atomic mass is 10.0. The van der Waals surface area contributed by atoms with E-state index in [1.807, 2.05) is 0 Å². The van der Waals surface area contributed by atoms with Crippen LogP contribution >= 0.6 is 15.9 Å². The van der Waals surface area contributed by atoms with Crippen LogP contribution in [0.4, 0.5) is 4.39 Å². The molecule has 14 heavy (non-hydrogen) atoms. The molecule has 1 aliphatic carbocycles. The average molecular weight is 257 g/mol. The van der Waals surface area contributed by atoms with Gasteiger partial charge in [-0.25, -0.2) is 4.39 Å². The first kappa shape index (κ1) is 10.2. The number of hydrogen-bond donors (Lipinski definition) is 0. The highest BCUT2D eigenvalue weighted by molar-refractivity contribution is 9.10. The Morgan fingerprint density at radius 3 is 2.79 bits per heavy atom. The molecule has 0 amide bonds. The Bertz CT molecular complexity index is 346. The summed E-state index contributed by atoms with van der Waals surface area (Å²) in [7, 11) is 0. The van der Waals surface area contributed by atoms with Crippen LogP contribution in [0.2, 0.25) is 0 Å². The van der Waals surface area contributed by atoms with Crippen molar-refractivity contribution in [1.29, 1.82) is 0 Å². The lowest BCUT2D eigenvalue weighted by Crippen LogP contribution is -1.95. The molecular weight excluding hydrogens is 243 g/mol. The Kier molecular flexibility index (Phi) is 2.91. The van der Waals surface area contributed by atoms with Crippen LogP contribution in [0.3, 0.4) is 0 Å². The highest BCUT2D eigenvalue weighted by atomic mass is 79.9. The number of fused-ring (bicyclic) bond motifs is 1. The Morgan fingerprint density at radius 2 is 2.00 bits per heavy atom. The van der Waals surface area contributed by atoms with E-state index in [1.165, 1.54) is 12.0 Å². The minimum absolute atomic E-state index is 0.0384. The molecule has 0 saturated heterocycles. The Morgan fingerprint density at radius 1 is 1.29 bits per heavy atom. The molecule has 0 heterocycles. The SMILES string of the molecule is CC1CCc2cc(Br)cc(F)c2CC1. The summed E-state index contributed by atoms with van der Waals surface area (Å²) in [4.78, 5) is 0. The molecule has 0 aromatic heterocycles. The fourth-order valence-corrected chi connectivity index (χ4v) is 2.57. The fraction of sp³-hybridized carbons (Fsp3) is 0.500. The molecule has 0 nitrogen and oxygen atoms in total. The lowest BCUT2D eigenvalue weighted by Gasteiger charge is -2.07. The molecule has 0 bridgehead atoms. The second kappa shape index (κ2) is 4.01. The molecule has 0 radical (unpaired) electrons. The fourth-order valence-electron chi connectivity index (χ4n) is 2.10. The van der Waals surface area contributed by atoms with Gasteiger partial charge < -0.3 is 0 Å². The topological polar surface area (TPSA) is 0 Å². The van der Waals surface area contributed by atoms with Crippen LogP contribution in [0.5, 0.6) is 0 Å². The monoisotopic (exact) mass is 256 g/mol. The van der Waals surface area contributed by atoms with Gasteiger partial charge in [-0.1, -0.05) is 22.9 Å². The van der Waals surface area contributed by atoms with Crippen molar-refractivity contribution in [3.63, 3.8) is 0 Å². The summed E-state index contributed by atoms with van der Waals surface area (Å²) in [5.41, 5.74) is 2.14. The zero-order chi connectivity index (χ0) is 10.1. The first-order valence-electron chi connectivity index (χ1n) is 5.13. The molecule has 0 saturated carbocycles. The zero-order valence-corrected chi connectivity index (χ0v) is 9.90. The number of aryl methyl sites for hydroxylation is 1. The first-order chi connectivity index (χ1) is 6.66. The van der Waals surface area contributed by atoms with Crippen LogP contribution in [0, 0.1) is 11.7 Å². The van der Waals surface area contributed by atoms with E-state index in [1.54, 1.807) is 6.07 Å². The van der Waals surface area contributed by atoms with Gasteiger partial charge in [-0.15, -0.1) is 0 Å². The van der Waals surface area contributed by atoms with Crippen molar-refractivity contribution in [2.45, 2.75) is 32.6 Å². The van der Waals surface area contributed by atoms with Crippen molar-refractivity contribution in [3.8, 4) is 0 Å². The third-order valence-corrected chi connectivity index (χ3v) is 3.50. The van der Waals surface area contributed by atoms with E-state index in [0.717, 1.165) is 35.2 Å². The molecule has 1 unspecified atom stereocenters. The van der Waals surface area contributed by atoms with Gasteiger partial charge in [-0.05, 0) is 54.9 Å². The Balaban J connectivity index is 2.40. The van der Waals surface area contributed by atoms with Crippen LogP contribution < -0.4 is 0 Å². The molecule has 76 valence electrons. The molecule has 2 heteroatoms. The Hall–Kier alpha value is -0.370. The van der Waals surface area contributed by atoms with Gasteiger partial charge in [0.25, 0.3) is 0 Å². The molecule has 1 aromatic rings. The molecule has 0 fully saturated rings. The summed E-state index contributed by atoms with van der Waals surface area (Å²) in [6.45, 7) is 2.25. The second-order valence-corrected chi connectivity index (χ2v) is 5.12. The van der Waals surface area contributed by atoms with Crippen molar-refractivity contribution >= 4 is 15.9 Å². The molecule has 1 atom stereocenters. The molecule has 0 N–H and O–H groups in total. The van der Waals surface area contributed by atoms with Crippen LogP contribution in [-0.2, 0) is 12.8 Å². The molecule has 0 aliphatic heterocycles. The third kappa shape index (κ3) is 2.00. The van der Waals surface area contributed by atoms with Crippen LogP contribution in [0.15, 0.2) is 16.6 Å². The van der Waals surface area contributed by atoms with Gasteiger partial charge >= 0.3 is 0 Å². The number of benzene rings is 1. The van der Waals surface area contributed by atoms with Gasteiger partial charge in [-0.2, -0.15) is 0 Å². The Labute approximate surface area is 92.6 Å². The summed E-state index contributed by atoms with van der Waals surface area (Å²) >= 11 is 3.34. The number of halogens is 2. The average Bonchev–Trinajstić information content (AvgIpc) is 2.28. The van der Waals surface area contributed by atoms with E-state index in [9.17, 15) is 4.39 Å². The maximum Gasteiger partial charge on any atom is 0.127 e. The van der Waals surface area contributed by atoms with Crippen LogP contribution in [0.25, 0.3) is 0 Å². The summed E-state index contributed by atoms with van der Waals surface area (Å²) in [5.74, 6) is 0.684. The second-order valence-electron chi connectivity index (χ2n) is 4.21. The van der Waals surface area contributed by atoms with E-state index in [4.69, 9.17) is 0 Å². The van der Waals surface area contributed by atoms with E-state index in [-0.39, 0.29) is 5.82 Å². The van der Waals surface area contributed by atoms with Gasteiger partial charge in [0.15, 0.2) is 0 Å². The zero-order valence-electron chi connectivity index (χ0n) is 8.32. The van der Waals surface area contributed by atoms with E-state index in [2.05, 4.69) is 28.9 Å². The first-order valence-corrected chi connectivity index (χ1v) is 5.93. The van der Waals surface area contributed by atoms with Gasteiger partial charge in [0.2, 0.25) is 0 Å². The van der Waals surface area contributed by atoms with Gasteiger partial charge in [0, 0.05) is 4.47 Å². The maximum absolute atomic E-state index is 13.6. The van der Waals surface area contributed by atoms with Crippen molar-refractivity contribution < 1.29 is 4.39 Å². The molecule has 1 aromatic carbocycles. The highest BCUT2D eigenvalue weighted by Crippen LogP contribution is 2.28. The maximum atomic E-state index is 13.6. The van der Waals surface area contributed by atoms with Crippen LogP contribution in [-0.4, -0.2) is 0 Å². The van der Waals surface area contributed by atoms with Crippen molar-refractivity contribution in [2.75, 3.05) is 0 Å². The smallest absolute Gasteiger partial charge is 0.127 e. The predicted octanol–water partition coefficient (Wildman–Crippen LogP) is 4.10. The number of hydrogen-bond acceptors (Lipinski definition) is 0.